The number of rotatable bonds is 8. The topological polar surface area (TPSA) is 44.8 Å². The third kappa shape index (κ3) is 4.80. The Kier molecular flexibility index (Phi) is 6.86. The molecule has 1 aromatic rings. The van der Waals surface area contributed by atoms with Crippen LogP contribution in [0, 0.1) is 0 Å². The lowest BCUT2D eigenvalue weighted by Crippen LogP contribution is -2.33. The first-order valence-corrected chi connectivity index (χ1v) is 8.91. The Morgan fingerprint density at radius 2 is 2.14 bits per heavy atom. The minimum absolute atomic E-state index is 0.202. The molecule has 0 saturated carbocycles. The molecule has 1 aromatic carbocycles. The molecule has 1 aliphatic rings. The van der Waals surface area contributed by atoms with E-state index in [1.54, 1.807) is 12.1 Å². The van der Waals surface area contributed by atoms with Gasteiger partial charge in [-0.25, -0.2) is 4.79 Å². The molecule has 1 saturated heterocycles. The van der Waals surface area contributed by atoms with Crippen molar-refractivity contribution in [1.29, 1.82) is 0 Å². The van der Waals surface area contributed by atoms with Crippen molar-refractivity contribution in [3.8, 4) is 0 Å². The lowest BCUT2D eigenvalue weighted by Gasteiger charge is -2.25. The number of alkyl halides is 1. The number of carbonyl (C=O) groups excluding carboxylic acids is 1. The fourth-order valence-electron chi connectivity index (χ4n) is 2.44. The highest BCUT2D eigenvalue weighted by Gasteiger charge is 2.40. The van der Waals surface area contributed by atoms with Crippen LogP contribution >= 0.6 is 15.9 Å². The molecule has 122 valence electrons. The maximum absolute atomic E-state index is 11.9. The van der Waals surface area contributed by atoms with E-state index in [2.05, 4.69) is 22.9 Å². The molecule has 0 amide bonds. The van der Waals surface area contributed by atoms with Crippen molar-refractivity contribution in [2.45, 2.75) is 44.5 Å². The zero-order valence-electron chi connectivity index (χ0n) is 12.9. The van der Waals surface area contributed by atoms with Gasteiger partial charge in [-0.05, 0) is 18.6 Å². The molecule has 0 N–H and O–H groups in total. The molecule has 0 spiro atoms. The summed E-state index contributed by atoms with van der Waals surface area (Å²) in [6.45, 7) is 2.85. The van der Waals surface area contributed by atoms with Gasteiger partial charge in [0.1, 0.15) is 12.7 Å². The molecule has 0 aromatic heterocycles. The molecular weight excluding hydrogens is 348 g/mol. The van der Waals surface area contributed by atoms with Crippen molar-refractivity contribution in [1.82, 2.24) is 0 Å². The molecular formula is C17H23BrO4. The molecule has 0 bridgehead atoms. The molecule has 1 fully saturated rings. The first-order chi connectivity index (χ1) is 10.7. The Labute approximate surface area is 140 Å². The molecule has 22 heavy (non-hydrogen) atoms. The number of esters is 1. The van der Waals surface area contributed by atoms with Gasteiger partial charge in [-0.3, -0.25) is 0 Å². The van der Waals surface area contributed by atoms with Crippen LogP contribution in [0.4, 0.5) is 0 Å². The lowest BCUT2D eigenvalue weighted by atomic mass is 10.1. The van der Waals surface area contributed by atoms with Crippen molar-refractivity contribution in [2.75, 3.05) is 18.5 Å². The first kappa shape index (κ1) is 17.4. The fourth-order valence-corrected chi connectivity index (χ4v) is 3.01. The van der Waals surface area contributed by atoms with Crippen LogP contribution in [0.3, 0.4) is 0 Å². The lowest BCUT2D eigenvalue weighted by molar-refractivity contribution is -0.158. The Morgan fingerprint density at radius 1 is 1.36 bits per heavy atom. The second-order valence-corrected chi connectivity index (χ2v) is 6.08. The predicted molar refractivity (Wildman–Crippen MR) is 88.2 cm³/mol. The van der Waals surface area contributed by atoms with Gasteiger partial charge in [0.05, 0.1) is 17.5 Å². The van der Waals surface area contributed by atoms with Crippen LogP contribution in [0.15, 0.2) is 30.3 Å². The van der Waals surface area contributed by atoms with Crippen molar-refractivity contribution < 1.29 is 19.0 Å². The molecule has 1 aliphatic heterocycles. The van der Waals surface area contributed by atoms with Gasteiger partial charge in [0, 0.05) is 6.42 Å². The van der Waals surface area contributed by atoms with Gasteiger partial charge in [-0.15, -0.1) is 0 Å². The summed E-state index contributed by atoms with van der Waals surface area (Å²) in [5.74, 6) is -0.898. The molecule has 5 heteroatoms. The molecule has 2 rings (SSSR count). The van der Waals surface area contributed by atoms with Gasteiger partial charge in [0.2, 0.25) is 0 Å². The summed E-state index contributed by atoms with van der Waals surface area (Å²) in [6.07, 6.45) is 4.05. The van der Waals surface area contributed by atoms with E-state index in [-0.39, 0.29) is 18.7 Å². The Morgan fingerprint density at radius 3 is 2.82 bits per heavy atom. The highest BCUT2D eigenvalue weighted by molar-refractivity contribution is 9.09. The number of hydrogen-bond donors (Lipinski definition) is 0. The molecule has 4 nitrogen and oxygen atoms in total. The van der Waals surface area contributed by atoms with E-state index in [9.17, 15) is 4.79 Å². The number of halogens is 1. The van der Waals surface area contributed by atoms with Crippen LogP contribution in [0.2, 0.25) is 0 Å². The molecule has 0 radical (unpaired) electrons. The largest absolute Gasteiger partial charge is 0.459 e. The van der Waals surface area contributed by atoms with Crippen molar-refractivity contribution in [3.05, 3.63) is 35.9 Å². The summed E-state index contributed by atoms with van der Waals surface area (Å²) < 4.78 is 17.1. The van der Waals surface area contributed by atoms with Crippen molar-refractivity contribution >= 4 is 21.9 Å². The second-order valence-electron chi connectivity index (χ2n) is 5.52. The minimum atomic E-state index is -0.570. The third-order valence-corrected chi connectivity index (χ3v) is 4.54. The monoisotopic (exact) mass is 370 g/mol. The van der Waals surface area contributed by atoms with Gasteiger partial charge in [-0.1, -0.05) is 53.9 Å². The number of carbonyl (C=O) groups is 1. The van der Waals surface area contributed by atoms with Gasteiger partial charge in [-0.2, -0.15) is 0 Å². The zero-order valence-corrected chi connectivity index (χ0v) is 14.5. The summed E-state index contributed by atoms with van der Waals surface area (Å²) in [5, 5.41) is 0.632. The SMILES string of the molecule is CCCCC[C@]1(CBr)OC[C@@H](COC(=O)c2ccccc2)O1. The van der Waals surface area contributed by atoms with E-state index in [0.29, 0.717) is 17.5 Å². The molecule has 2 atom stereocenters. The predicted octanol–water partition coefficient (Wildman–Crippen LogP) is 3.93. The quantitative estimate of drug-likeness (QED) is 0.395. The van der Waals surface area contributed by atoms with Crippen LogP contribution in [-0.4, -0.2) is 36.4 Å². The normalized spacial score (nSPS) is 24.4. The summed E-state index contributed by atoms with van der Waals surface area (Å²) >= 11 is 3.47. The van der Waals surface area contributed by atoms with Crippen LogP contribution in [0.5, 0.6) is 0 Å². The molecule has 0 aliphatic carbocycles. The fraction of sp³-hybridized carbons (Fsp3) is 0.588. The number of unbranched alkanes of at least 4 members (excludes halogenated alkanes) is 2. The highest BCUT2D eigenvalue weighted by atomic mass is 79.9. The third-order valence-electron chi connectivity index (χ3n) is 3.69. The van der Waals surface area contributed by atoms with E-state index in [1.807, 2.05) is 18.2 Å². The van der Waals surface area contributed by atoms with E-state index >= 15 is 0 Å². The van der Waals surface area contributed by atoms with Gasteiger partial charge in [0.25, 0.3) is 0 Å². The van der Waals surface area contributed by atoms with E-state index in [4.69, 9.17) is 14.2 Å². The molecule has 0 unspecified atom stereocenters. The van der Waals surface area contributed by atoms with Crippen LogP contribution in [0.1, 0.15) is 43.0 Å². The summed E-state index contributed by atoms with van der Waals surface area (Å²) in [4.78, 5) is 11.9. The van der Waals surface area contributed by atoms with Crippen LogP contribution in [0.25, 0.3) is 0 Å². The smallest absolute Gasteiger partial charge is 0.338 e. The van der Waals surface area contributed by atoms with Crippen LogP contribution < -0.4 is 0 Å². The van der Waals surface area contributed by atoms with Gasteiger partial charge in [0.15, 0.2) is 5.79 Å². The number of benzene rings is 1. The Balaban J connectivity index is 1.79. The maximum atomic E-state index is 11.9. The van der Waals surface area contributed by atoms with Crippen LogP contribution in [-0.2, 0) is 14.2 Å². The van der Waals surface area contributed by atoms with E-state index in [1.165, 1.54) is 0 Å². The summed E-state index contributed by atoms with van der Waals surface area (Å²) in [6, 6.07) is 8.97. The maximum Gasteiger partial charge on any atom is 0.338 e. The van der Waals surface area contributed by atoms with Crippen molar-refractivity contribution in [2.24, 2.45) is 0 Å². The standard InChI is InChI=1S/C17H23BrO4/c1-2-3-7-10-17(13-18)21-12-15(22-17)11-20-16(19)14-8-5-4-6-9-14/h4-6,8-9,15H,2-3,7,10-13H2,1H3/t15-,17+/m1/s1. The van der Waals surface area contributed by atoms with E-state index in [0.717, 1.165) is 25.7 Å². The summed E-state index contributed by atoms with van der Waals surface area (Å²) in [7, 11) is 0. The summed E-state index contributed by atoms with van der Waals surface area (Å²) in [5.41, 5.74) is 0.552. The second kappa shape index (κ2) is 8.65. The zero-order chi connectivity index (χ0) is 15.8. The number of hydrogen-bond acceptors (Lipinski definition) is 4. The van der Waals surface area contributed by atoms with E-state index < -0.39 is 5.79 Å². The minimum Gasteiger partial charge on any atom is -0.459 e. The van der Waals surface area contributed by atoms with Gasteiger partial charge >= 0.3 is 5.97 Å². The average molecular weight is 371 g/mol. The Bertz CT molecular complexity index is 465. The molecule has 1 heterocycles. The number of ether oxygens (including phenoxy) is 3. The first-order valence-electron chi connectivity index (χ1n) is 7.79. The van der Waals surface area contributed by atoms with Gasteiger partial charge < -0.3 is 14.2 Å². The average Bonchev–Trinajstić information content (AvgIpc) is 2.98. The van der Waals surface area contributed by atoms with Crippen molar-refractivity contribution in [3.63, 3.8) is 0 Å². The highest BCUT2D eigenvalue weighted by Crippen LogP contribution is 2.31. The Hall–Kier alpha value is -0.910.